The van der Waals surface area contributed by atoms with Crippen molar-refractivity contribution in [1.82, 2.24) is 14.7 Å². The number of nitrogens with one attached hydrogen (secondary N) is 2. The number of aromatic nitrogens is 2. The Balaban J connectivity index is 2.05. The number of aromatic amines is 1. The molecule has 20 heavy (non-hydrogen) atoms. The van der Waals surface area contributed by atoms with Crippen LogP contribution in [0.2, 0.25) is 5.02 Å². The Bertz CT molecular complexity index is 691. The molecule has 1 aromatic carbocycles. The van der Waals surface area contributed by atoms with Gasteiger partial charge in [-0.2, -0.15) is 0 Å². The predicted octanol–water partition coefficient (Wildman–Crippen LogP) is 1.21. The third-order valence-electron chi connectivity index (χ3n) is 2.56. The molecule has 0 aliphatic heterocycles. The monoisotopic (exact) mass is 319 g/mol. The molecule has 108 valence electrons. The summed E-state index contributed by atoms with van der Waals surface area (Å²) >= 11 is 5.52. The molecule has 0 fully saturated rings. The largest absolute Gasteiger partial charge is 0.387 e. The number of aliphatic hydroxyl groups excluding tert-OH is 1. The van der Waals surface area contributed by atoms with Crippen LogP contribution in [0.4, 0.5) is 4.39 Å². The van der Waals surface area contributed by atoms with Crippen LogP contribution in [0.25, 0.3) is 0 Å². The summed E-state index contributed by atoms with van der Waals surface area (Å²) in [4.78, 5) is 6.03. The summed E-state index contributed by atoms with van der Waals surface area (Å²) in [6.45, 7) is -0.303. The van der Waals surface area contributed by atoms with E-state index in [0.717, 1.165) is 12.3 Å². The van der Waals surface area contributed by atoms with Gasteiger partial charge in [-0.1, -0.05) is 17.7 Å². The number of aliphatic hydroxyl groups is 1. The highest BCUT2D eigenvalue weighted by atomic mass is 35.5. The number of hydrogen-bond donors (Lipinski definition) is 3. The Morgan fingerprint density at radius 3 is 2.85 bits per heavy atom. The second kappa shape index (κ2) is 5.88. The number of rotatable bonds is 5. The fourth-order valence-corrected chi connectivity index (χ4v) is 2.55. The minimum atomic E-state index is -3.79. The van der Waals surface area contributed by atoms with Crippen molar-refractivity contribution in [3.63, 3.8) is 0 Å². The van der Waals surface area contributed by atoms with Gasteiger partial charge in [-0.3, -0.25) is 0 Å². The molecule has 0 aliphatic carbocycles. The molecule has 0 radical (unpaired) electrons. The Kier molecular flexibility index (Phi) is 4.39. The van der Waals surface area contributed by atoms with Gasteiger partial charge in [-0.15, -0.1) is 0 Å². The lowest BCUT2D eigenvalue weighted by Gasteiger charge is -2.12. The summed E-state index contributed by atoms with van der Waals surface area (Å²) in [5.74, 6) is -0.681. The number of H-pyrrole nitrogens is 1. The lowest BCUT2D eigenvalue weighted by molar-refractivity contribution is 0.181. The number of sulfonamides is 1. The molecule has 1 heterocycles. The first-order valence-electron chi connectivity index (χ1n) is 5.51. The molecule has 9 heteroatoms. The molecule has 1 aromatic heterocycles. The van der Waals surface area contributed by atoms with E-state index >= 15 is 0 Å². The Morgan fingerprint density at radius 2 is 2.25 bits per heavy atom. The quantitative estimate of drug-likeness (QED) is 0.772. The Hall–Kier alpha value is -1.48. The van der Waals surface area contributed by atoms with E-state index in [1.54, 1.807) is 0 Å². The smallest absolute Gasteiger partial charge is 0.257 e. The average Bonchev–Trinajstić information content (AvgIpc) is 2.94. The van der Waals surface area contributed by atoms with Crippen LogP contribution in [0.3, 0.4) is 0 Å². The van der Waals surface area contributed by atoms with E-state index < -0.39 is 21.9 Å². The number of imidazole rings is 1. The van der Waals surface area contributed by atoms with Gasteiger partial charge in [0.1, 0.15) is 5.82 Å². The molecule has 2 rings (SSSR count). The molecule has 0 saturated carbocycles. The molecular formula is C11H11ClFN3O3S. The molecule has 0 spiro atoms. The highest BCUT2D eigenvalue weighted by Crippen LogP contribution is 2.20. The molecule has 0 bridgehead atoms. The van der Waals surface area contributed by atoms with E-state index in [2.05, 4.69) is 14.7 Å². The van der Waals surface area contributed by atoms with Crippen LogP contribution in [0.1, 0.15) is 11.7 Å². The number of benzene rings is 1. The normalized spacial score (nSPS) is 13.3. The topological polar surface area (TPSA) is 95.1 Å². The third kappa shape index (κ3) is 3.34. The first-order chi connectivity index (χ1) is 9.40. The molecule has 6 nitrogen and oxygen atoms in total. The standard InChI is InChI=1S/C11H11ClFN3O3S/c12-8-2-1-7(3-9(8)13)10(17)4-16-20(18,19)11-5-14-6-15-11/h1-3,5-6,10,16-17H,4H2,(H,14,15). The second-order valence-corrected chi connectivity index (χ2v) is 6.10. The van der Waals surface area contributed by atoms with Crippen LogP contribution in [-0.2, 0) is 10.0 Å². The van der Waals surface area contributed by atoms with Crippen molar-refractivity contribution in [2.45, 2.75) is 11.1 Å². The van der Waals surface area contributed by atoms with Crippen molar-refractivity contribution in [1.29, 1.82) is 0 Å². The molecule has 0 saturated heterocycles. The highest BCUT2D eigenvalue weighted by Gasteiger charge is 2.18. The lowest BCUT2D eigenvalue weighted by atomic mass is 10.1. The number of nitrogens with zero attached hydrogens (tertiary/aromatic N) is 1. The van der Waals surface area contributed by atoms with Gasteiger partial charge in [0.05, 0.1) is 23.7 Å². The van der Waals surface area contributed by atoms with Gasteiger partial charge in [0.25, 0.3) is 10.0 Å². The van der Waals surface area contributed by atoms with Gasteiger partial charge in [0.15, 0.2) is 5.03 Å². The van der Waals surface area contributed by atoms with Crippen LogP contribution < -0.4 is 4.72 Å². The minimum absolute atomic E-state index is 0.0704. The van der Waals surface area contributed by atoms with Gasteiger partial charge >= 0.3 is 0 Å². The summed E-state index contributed by atoms with van der Waals surface area (Å²) in [5.41, 5.74) is 0.221. The van der Waals surface area contributed by atoms with E-state index in [4.69, 9.17) is 11.6 Å². The molecule has 1 atom stereocenters. The van der Waals surface area contributed by atoms with Crippen molar-refractivity contribution < 1.29 is 17.9 Å². The Labute approximate surface area is 119 Å². The van der Waals surface area contributed by atoms with E-state index in [1.807, 2.05) is 0 Å². The van der Waals surface area contributed by atoms with Crippen LogP contribution in [-0.4, -0.2) is 30.0 Å². The zero-order chi connectivity index (χ0) is 14.8. The van der Waals surface area contributed by atoms with Crippen LogP contribution in [0, 0.1) is 5.82 Å². The predicted molar refractivity (Wildman–Crippen MR) is 70.1 cm³/mol. The maximum atomic E-state index is 13.2. The van der Waals surface area contributed by atoms with Crippen LogP contribution in [0.15, 0.2) is 35.7 Å². The summed E-state index contributed by atoms with van der Waals surface area (Å²) in [5, 5.41) is 9.65. The van der Waals surface area contributed by atoms with E-state index in [9.17, 15) is 17.9 Å². The Morgan fingerprint density at radius 1 is 1.50 bits per heavy atom. The van der Waals surface area contributed by atoms with Gasteiger partial charge in [0, 0.05) is 6.54 Å². The van der Waals surface area contributed by atoms with Crippen molar-refractivity contribution >= 4 is 21.6 Å². The highest BCUT2D eigenvalue weighted by molar-refractivity contribution is 7.89. The van der Waals surface area contributed by atoms with Crippen LogP contribution in [0.5, 0.6) is 0 Å². The molecule has 1 unspecified atom stereocenters. The minimum Gasteiger partial charge on any atom is -0.387 e. The van der Waals surface area contributed by atoms with Gasteiger partial charge in [-0.05, 0) is 17.7 Å². The van der Waals surface area contributed by atoms with E-state index in [-0.39, 0.29) is 22.2 Å². The molecule has 0 aliphatic rings. The van der Waals surface area contributed by atoms with E-state index in [0.29, 0.717) is 0 Å². The number of halogens is 2. The zero-order valence-corrected chi connectivity index (χ0v) is 11.6. The molecular weight excluding hydrogens is 309 g/mol. The van der Waals surface area contributed by atoms with Crippen molar-refractivity contribution in [2.75, 3.05) is 6.54 Å². The van der Waals surface area contributed by atoms with Crippen molar-refractivity contribution in [3.8, 4) is 0 Å². The van der Waals surface area contributed by atoms with E-state index in [1.165, 1.54) is 18.5 Å². The summed E-state index contributed by atoms with van der Waals surface area (Å²) in [6.07, 6.45) is 1.16. The lowest BCUT2D eigenvalue weighted by Crippen LogP contribution is -2.28. The third-order valence-corrected chi connectivity index (χ3v) is 4.21. The molecule has 0 amide bonds. The SMILES string of the molecule is O=S(=O)(NCC(O)c1ccc(Cl)c(F)c1)c1cnc[nH]1. The average molecular weight is 320 g/mol. The first kappa shape index (κ1) is 14.9. The zero-order valence-electron chi connectivity index (χ0n) is 10.0. The van der Waals surface area contributed by atoms with Gasteiger partial charge < -0.3 is 10.1 Å². The fraction of sp³-hybridized carbons (Fsp3) is 0.182. The summed E-state index contributed by atoms with van der Waals surface area (Å²) in [7, 11) is -3.79. The first-order valence-corrected chi connectivity index (χ1v) is 7.37. The van der Waals surface area contributed by atoms with Crippen molar-refractivity contribution in [2.24, 2.45) is 0 Å². The van der Waals surface area contributed by atoms with Gasteiger partial charge in [-0.25, -0.2) is 22.5 Å². The summed E-state index contributed by atoms with van der Waals surface area (Å²) in [6, 6.07) is 3.76. The maximum Gasteiger partial charge on any atom is 0.257 e. The van der Waals surface area contributed by atoms with Crippen LogP contribution >= 0.6 is 11.6 Å². The van der Waals surface area contributed by atoms with Gasteiger partial charge in [0.2, 0.25) is 0 Å². The summed E-state index contributed by atoms with van der Waals surface area (Å²) < 4.78 is 39.0. The fourth-order valence-electron chi connectivity index (χ4n) is 1.49. The second-order valence-electron chi connectivity index (χ2n) is 3.96. The molecule has 2 aromatic rings. The maximum absolute atomic E-state index is 13.2. The molecule has 3 N–H and O–H groups in total. The van der Waals surface area contributed by atoms with Crippen molar-refractivity contribution in [3.05, 3.63) is 47.1 Å². The number of hydrogen-bond acceptors (Lipinski definition) is 4.